The topological polar surface area (TPSA) is 29.5 Å². The fourth-order valence-electron chi connectivity index (χ4n) is 1.93. The zero-order chi connectivity index (χ0) is 13.8. The number of benzene rings is 2. The molecule has 0 saturated heterocycles. The second-order valence-electron chi connectivity index (χ2n) is 4.55. The molecule has 2 aromatic carbocycles. The molecule has 0 aromatic heterocycles. The number of aliphatic hydroxyl groups is 1. The van der Waals surface area contributed by atoms with Crippen LogP contribution in [0.4, 0.5) is 0 Å². The Morgan fingerprint density at radius 2 is 1.89 bits per heavy atom. The minimum Gasteiger partial charge on any atom is -0.487 e. The molecule has 0 amide bonds. The molecule has 0 fully saturated rings. The third kappa shape index (κ3) is 3.28. The van der Waals surface area contributed by atoms with Gasteiger partial charge in [-0.25, -0.2) is 0 Å². The van der Waals surface area contributed by atoms with Gasteiger partial charge in [-0.05, 0) is 31.0 Å². The highest BCUT2D eigenvalue weighted by Crippen LogP contribution is 2.33. The van der Waals surface area contributed by atoms with Crippen molar-refractivity contribution in [2.75, 3.05) is 0 Å². The summed E-state index contributed by atoms with van der Waals surface area (Å²) in [5.74, 6) is 0.558. The van der Waals surface area contributed by atoms with Crippen molar-refractivity contribution >= 4 is 11.6 Å². The fraction of sp³-hybridized carbons (Fsp3) is 0.250. The van der Waals surface area contributed by atoms with Gasteiger partial charge < -0.3 is 9.84 Å². The lowest BCUT2D eigenvalue weighted by Gasteiger charge is -2.15. The molecule has 1 atom stereocenters. The Morgan fingerprint density at radius 1 is 1.16 bits per heavy atom. The van der Waals surface area contributed by atoms with Crippen molar-refractivity contribution < 1.29 is 9.84 Å². The maximum absolute atomic E-state index is 9.74. The molecular formula is C16H17ClO2. The van der Waals surface area contributed by atoms with E-state index in [1.807, 2.05) is 43.3 Å². The third-order valence-corrected chi connectivity index (χ3v) is 3.38. The zero-order valence-electron chi connectivity index (χ0n) is 11.1. The van der Waals surface area contributed by atoms with Crippen LogP contribution in [0, 0.1) is 6.92 Å². The smallest absolute Gasteiger partial charge is 0.144 e. The Kier molecular flexibility index (Phi) is 4.46. The van der Waals surface area contributed by atoms with Gasteiger partial charge in [0, 0.05) is 5.56 Å². The van der Waals surface area contributed by atoms with E-state index in [4.69, 9.17) is 16.3 Å². The predicted octanol–water partition coefficient (Wildman–Crippen LogP) is 4.28. The molecule has 1 N–H and O–H groups in total. The summed E-state index contributed by atoms with van der Waals surface area (Å²) in [4.78, 5) is 0. The molecule has 100 valence electrons. The lowest BCUT2D eigenvalue weighted by Crippen LogP contribution is -2.02. The second kappa shape index (κ2) is 6.09. The molecule has 1 unspecified atom stereocenters. The van der Waals surface area contributed by atoms with E-state index in [1.165, 1.54) is 5.56 Å². The molecular weight excluding hydrogens is 260 g/mol. The van der Waals surface area contributed by atoms with Crippen molar-refractivity contribution in [2.24, 2.45) is 0 Å². The first-order valence-electron chi connectivity index (χ1n) is 6.23. The summed E-state index contributed by atoms with van der Waals surface area (Å²) in [7, 11) is 0. The Bertz CT molecular complexity index is 564. The van der Waals surface area contributed by atoms with E-state index in [0.29, 0.717) is 22.9 Å². The number of ether oxygens (including phenoxy) is 1. The number of aryl methyl sites for hydroxylation is 1. The number of para-hydroxylation sites is 1. The highest BCUT2D eigenvalue weighted by Gasteiger charge is 2.13. The first-order chi connectivity index (χ1) is 9.09. The molecule has 0 aliphatic carbocycles. The standard InChI is InChI=1S/C16H17ClO2/c1-11-6-3-4-7-13(11)10-19-16-14(12(2)18)8-5-9-15(16)17/h3-9,12,18H,10H2,1-2H3. The average molecular weight is 277 g/mol. The Hall–Kier alpha value is -1.51. The van der Waals surface area contributed by atoms with Crippen molar-refractivity contribution in [1.29, 1.82) is 0 Å². The number of halogens is 1. The predicted molar refractivity (Wildman–Crippen MR) is 77.6 cm³/mol. The lowest BCUT2D eigenvalue weighted by molar-refractivity contribution is 0.190. The summed E-state index contributed by atoms with van der Waals surface area (Å²) in [6.07, 6.45) is -0.606. The van der Waals surface area contributed by atoms with E-state index < -0.39 is 6.10 Å². The summed E-state index contributed by atoms with van der Waals surface area (Å²) in [6, 6.07) is 13.4. The van der Waals surface area contributed by atoms with Gasteiger partial charge in [0.05, 0.1) is 11.1 Å². The summed E-state index contributed by atoms with van der Waals surface area (Å²) in [5, 5.41) is 10.3. The van der Waals surface area contributed by atoms with Crippen molar-refractivity contribution in [2.45, 2.75) is 26.6 Å². The molecule has 0 spiro atoms. The third-order valence-electron chi connectivity index (χ3n) is 3.08. The van der Waals surface area contributed by atoms with Crippen LogP contribution < -0.4 is 4.74 Å². The van der Waals surface area contributed by atoms with Crippen molar-refractivity contribution in [3.8, 4) is 5.75 Å². The molecule has 0 bridgehead atoms. The Morgan fingerprint density at radius 3 is 2.58 bits per heavy atom. The van der Waals surface area contributed by atoms with Crippen LogP contribution in [0.25, 0.3) is 0 Å². The maximum atomic E-state index is 9.74. The van der Waals surface area contributed by atoms with Crippen LogP contribution in [0.15, 0.2) is 42.5 Å². The summed E-state index contributed by atoms with van der Waals surface area (Å²) in [5.41, 5.74) is 2.99. The summed E-state index contributed by atoms with van der Waals surface area (Å²) >= 11 is 6.14. The quantitative estimate of drug-likeness (QED) is 0.903. The van der Waals surface area contributed by atoms with E-state index in [-0.39, 0.29) is 0 Å². The van der Waals surface area contributed by atoms with Gasteiger partial charge in [-0.3, -0.25) is 0 Å². The summed E-state index contributed by atoms with van der Waals surface area (Å²) < 4.78 is 5.80. The normalized spacial score (nSPS) is 12.2. The van der Waals surface area contributed by atoms with Gasteiger partial charge in [-0.2, -0.15) is 0 Å². The first kappa shape index (κ1) is 13.9. The first-order valence-corrected chi connectivity index (χ1v) is 6.61. The largest absolute Gasteiger partial charge is 0.487 e. The van der Waals surface area contributed by atoms with Gasteiger partial charge in [0.15, 0.2) is 0 Å². The number of hydrogen-bond acceptors (Lipinski definition) is 2. The van der Waals surface area contributed by atoms with Crippen LogP contribution in [0.1, 0.15) is 29.7 Å². The molecule has 0 aliphatic rings. The van der Waals surface area contributed by atoms with Crippen molar-refractivity contribution in [3.63, 3.8) is 0 Å². The van der Waals surface area contributed by atoms with Crippen LogP contribution in [0.5, 0.6) is 5.75 Å². The van der Waals surface area contributed by atoms with Crippen LogP contribution in [-0.4, -0.2) is 5.11 Å². The van der Waals surface area contributed by atoms with E-state index in [9.17, 15) is 5.11 Å². The van der Waals surface area contributed by atoms with E-state index in [2.05, 4.69) is 0 Å². The van der Waals surface area contributed by atoms with Crippen LogP contribution in [0.3, 0.4) is 0 Å². The van der Waals surface area contributed by atoms with Gasteiger partial charge in [-0.1, -0.05) is 48.0 Å². The SMILES string of the molecule is Cc1ccccc1COc1c(Cl)cccc1C(C)O. The molecule has 2 rings (SSSR count). The fourth-order valence-corrected chi connectivity index (χ4v) is 2.17. The zero-order valence-corrected chi connectivity index (χ0v) is 11.8. The molecule has 0 aliphatic heterocycles. The van der Waals surface area contributed by atoms with Gasteiger partial charge in [0.2, 0.25) is 0 Å². The molecule has 19 heavy (non-hydrogen) atoms. The Labute approximate surface area is 118 Å². The van der Waals surface area contributed by atoms with Crippen LogP contribution in [0.2, 0.25) is 5.02 Å². The molecule has 0 saturated carbocycles. The molecule has 2 nitrogen and oxygen atoms in total. The highest BCUT2D eigenvalue weighted by atomic mass is 35.5. The van der Waals surface area contributed by atoms with Gasteiger partial charge >= 0.3 is 0 Å². The van der Waals surface area contributed by atoms with Gasteiger partial charge in [0.1, 0.15) is 12.4 Å². The molecule has 3 heteroatoms. The molecule has 0 radical (unpaired) electrons. The van der Waals surface area contributed by atoms with Crippen molar-refractivity contribution in [1.82, 2.24) is 0 Å². The van der Waals surface area contributed by atoms with Crippen molar-refractivity contribution in [3.05, 3.63) is 64.2 Å². The second-order valence-corrected chi connectivity index (χ2v) is 4.96. The average Bonchev–Trinajstić information content (AvgIpc) is 2.38. The van der Waals surface area contributed by atoms with Crippen LogP contribution in [-0.2, 0) is 6.61 Å². The maximum Gasteiger partial charge on any atom is 0.144 e. The molecule has 2 aromatic rings. The highest BCUT2D eigenvalue weighted by molar-refractivity contribution is 6.32. The number of rotatable bonds is 4. The van der Waals surface area contributed by atoms with E-state index in [0.717, 1.165) is 5.56 Å². The molecule has 0 heterocycles. The Balaban J connectivity index is 2.22. The minimum atomic E-state index is -0.606. The number of aliphatic hydroxyl groups excluding tert-OH is 1. The van der Waals surface area contributed by atoms with Gasteiger partial charge in [0.25, 0.3) is 0 Å². The monoisotopic (exact) mass is 276 g/mol. The lowest BCUT2D eigenvalue weighted by atomic mass is 10.1. The van der Waals surface area contributed by atoms with Gasteiger partial charge in [-0.15, -0.1) is 0 Å². The van der Waals surface area contributed by atoms with Crippen LogP contribution >= 0.6 is 11.6 Å². The van der Waals surface area contributed by atoms with E-state index >= 15 is 0 Å². The minimum absolute atomic E-state index is 0.441. The summed E-state index contributed by atoms with van der Waals surface area (Å²) in [6.45, 7) is 4.18. The number of hydrogen-bond donors (Lipinski definition) is 1. The van der Waals surface area contributed by atoms with E-state index in [1.54, 1.807) is 13.0 Å².